The molecule has 3 aromatic carbocycles. The largest absolute Gasteiger partial charge is 0.493 e. The Morgan fingerprint density at radius 2 is 1.68 bits per heavy atom. The van der Waals surface area contributed by atoms with Crippen molar-refractivity contribution in [2.45, 2.75) is 62.0 Å². The van der Waals surface area contributed by atoms with Crippen molar-refractivity contribution in [3.05, 3.63) is 78.4 Å². The van der Waals surface area contributed by atoms with Gasteiger partial charge in [0.05, 0.1) is 17.6 Å². The molecule has 3 rings (SSSR count). The van der Waals surface area contributed by atoms with Crippen LogP contribution in [0.1, 0.15) is 39.7 Å². The molecule has 0 aromatic heterocycles. The Morgan fingerprint density at radius 3 is 2.32 bits per heavy atom. The first-order valence-electron chi connectivity index (χ1n) is 11.4. The van der Waals surface area contributed by atoms with Gasteiger partial charge in [0.2, 0.25) is 0 Å². The zero-order chi connectivity index (χ0) is 24.6. The van der Waals surface area contributed by atoms with E-state index in [1.54, 1.807) is 36.0 Å². The monoisotopic (exact) mass is 480 g/mol. The maximum atomic E-state index is 11.2. The third-order valence-electron chi connectivity index (χ3n) is 5.22. The van der Waals surface area contributed by atoms with Crippen molar-refractivity contribution in [2.75, 3.05) is 6.61 Å². The van der Waals surface area contributed by atoms with Gasteiger partial charge in [-0.2, -0.15) is 0 Å². The van der Waals surface area contributed by atoms with Crippen LogP contribution in [-0.2, 0) is 11.2 Å². The normalized spacial score (nSPS) is 12.1. The molecule has 0 aliphatic heterocycles. The Balaban J connectivity index is 1.54. The van der Waals surface area contributed by atoms with Gasteiger partial charge in [0, 0.05) is 11.3 Å². The van der Waals surface area contributed by atoms with Gasteiger partial charge in [-0.1, -0.05) is 43.0 Å². The Morgan fingerprint density at radius 1 is 1.00 bits per heavy atom. The number of carboxylic acid groups (broad SMARTS) is 1. The third kappa shape index (κ3) is 7.45. The summed E-state index contributed by atoms with van der Waals surface area (Å²) >= 11 is 1.71. The Kier molecular flexibility index (Phi) is 8.88. The van der Waals surface area contributed by atoms with Crippen molar-refractivity contribution >= 4 is 17.7 Å². The van der Waals surface area contributed by atoms with Gasteiger partial charge in [-0.15, -0.1) is 0 Å². The molecule has 0 saturated carbocycles. The van der Waals surface area contributed by atoms with Crippen molar-refractivity contribution in [3.8, 4) is 17.2 Å². The van der Waals surface area contributed by atoms with Gasteiger partial charge < -0.3 is 19.3 Å². The molecule has 1 N–H and O–H groups in total. The average molecular weight is 481 g/mol. The maximum absolute atomic E-state index is 11.2. The molecule has 0 fully saturated rings. The van der Waals surface area contributed by atoms with Crippen LogP contribution in [-0.4, -0.2) is 29.4 Å². The zero-order valence-corrected chi connectivity index (χ0v) is 20.9. The predicted molar refractivity (Wildman–Crippen MR) is 135 cm³/mol. The maximum Gasteiger partial charge on any atom is 0.347 e. The van der Waals surface area contributed by atoms with Crippen LogP contribution in [0.2, 0.25) is 0 Å². The van der Waals surface area contributed by atoms with Crippen molar-refractivity contribution in [3.63, 3.8) is 0 Å². The van der Waals surface area contributed by atoms with E-state index in [1.807, 2.05) is 25.1 Å². The number of carboxylic acids is 1. The lowest BCUT2D eigenvalue weighted by Crippen LogP contribution is -2.37. The summed E-state index contributed by atoms with van der Waals surface area (Å²) in [5.74, 6) is 1.04. The molecule has 0 bridgehead atoms. The lowest BCUT2D eigenvalue weighted by Gasteiger charge is -2.21. The minimum absolute atomic E-state index is 0.0263. The number of rotatable bonds is 12. The molecule has 34 heavy (non-hydrogen) atoms. The lowest BCUT2D eigenvalue weighted by atomic mass is 10.1. The molecule has 0 aliphatic rings. The molecule has 0 saturated heterocycles. The van der Waals surface area contributed by atoms with Crippen LogP contribution in [0.25, 0.3) is 0 Å². The summed E-state index contributed by atoms with van der Waals surface area (Å²) in [6, 6.07) is 23.6. The van der Waals surface area contributed by atoms with E-state index in [9.17, 15) is 9.90 Å². The summed E-state index contributed by atoms with van der Waals surface area (Å²) in [5.41, 5.74) is -0.0109. The summed E-state index contributed by atoms with van der Waals surface area (Å²) < 4.78 is 17.6. The minimum atomic E-state index is -1.29. The van der Waals surface area contributed by atoms with Crippen LogP contribution in [0.3, 0.4) is 0 Å². The van der Waals surface area contributed by atoms with E-state index in [-0.39, 0.29) is 6.10 Å². The summed E-state index contributed by atoms with van der Waals surface area (Å²) in [4.78, 5) is 13.5. The molecule has 0 heterocycles. The fraction of sp³-hybridized carbons (Fsp3) is 0.321. The number of hydrogen-bond donors (Lipinski definition) is 1. The molecule has 6 heteroatoms. The van der Waals surface area contributed by atoms with E-state index >= 15 is 0 Å². The first kappa shape index (κ1) is 25.5. The highest BCUT2D eigenvalue weighted by Gasteiger charge is 2.29. The Labute approximate surface area is 206 Å². The van der Waals surface area contributed by atoms with Gasteiger partial charge in [0.25, 0.3) is 0 Å². The summed E-state index contributed by atoms with van der Waals surface area (Å²) in [6.07, 6.45) is 1.67. The zero-order valence-electron chi connectivity index (χ0n) is 20.1. The predicted octanol–water partition coefficient (Wildman–Crippen LogP) is 6.88. The van der Waals surface area contributed by atoms with Crippen LogP contribution < -0.4 is 14.2 Å². The van der Waals surface area contributed by atoms with E-state index in [2.05, 4.69) is 37.3 Å². The van der Waals surface area contributed by atoms with Crippen LogP contribution in [0.5, 0.6) is 17.2 Å². The first-order valence-corrected chi connectivity index (χ1v) is 12.3. The van der Waals surface area contributed by atoms with Gasteiger partial charge in [0.15, 0.2) is 5.60 Å². The number of aliphatic carboxylic acids is 1. The molecule has 180 valence electrons. The Bertz CT molecular complexity index is 1060. The quantitative estimate of drug-likeness (QED) is 0.305. The second kappa shape index (κ2) is 11.8. The van der Waals surface area contributed by atoms with E-state index in [1.165, 1.54) is 24.3 Å². The van der Waals surface area contributed by atoms with E-state index in [0.717, 1.165) is 23.5 Å². The summed E-state index contributed by atoms with van der Waals surface area (Å²) in [5, 5.41) is 9.19. The minimum Gasteiger partial charge on any atom is -0.493 e. The first-order chi connectivity index (χ1) is 16.3. The molecule has 0 radical (unpaired) electrons. The lowest BCUT2D eigenvalue weighted by molar-refractivity contribution is -0.152. The highest BCUT2D eigenvalue weighted by atomic mass is 32.2. The molecule has 1 atom stereocenters. The number of ether oxygens (including phenoxy) is 3. The van der Waals surface area contributed by atoms with Crippen LogP contribution in [0.15, 0.2) is 82.6 Å². The highest BCUT2D eigenvalue weighted by Crippen LogP contribution is 2.36. The molecule has 5 nitrogen and oxygen atoms in total. The number of hydrogen-bond acceptors (Lipinski definition) is 5. The fourth-order valence-corrected chi connectivity index (χ4v) is 4.10. The second-order valence-electron chi connectivity index (χ2n) is 8.50. The topological polar surface area (TPSA) is 65.0 Å². The number of benzene rings is 3. The summed E-state index contributed by atoms with van der Waals surface area (Å²) in [6.45, 7) is 7.72. The van der Waals surface area contributed by atoms with E-state index in [4.69, 9.17) is 14.2 Å². The van der Waals surface area contributed by atoms with E-state index < -0.39 is 11.6 Å². The second-order valence-corrected chi connectivity index (χ2v) is 9.62. The Hall–Kier alpha value is -3.12. The standard InChI is InChI=1S/C28H32O5S/c1-5-21-11-16-25(26(19-21)34-24-9-7-6-8-10-24)32-20(2)17-18-31-22-12-14-23(15-13-22)33-28(3,4)27(29)30/h6-16,19-20H,5,17-18H2,1-4H3,(H,29,30). The molecule has 3 aromatic rings. The van der Waals surface area contributed by atoms with Gasteiger partial charge in [-0.05, 0) is 81.3 Å². The average Bonchev–Trinajstić information content (AvgIpc) is 2.81. The molecule has 0 spiro atoms. The fourth-order valence-electron chi connectivity index (χ4n) is 3.13. The van der Waals surface area contributed by atoms with Crippen LogP contribution in [0, 0.1) is 0 Å². The molecule has 1 unspecified atom stereocenters. The number of carbonyl (C=O) groups is 1. The van der Waals surface area contributed by atoms with Crippen LogP contribution >= 0.6 is 11.8 Å². The highest BCUT2D eigenvalue weighted by molar-refractivity contribution is 7.99. The van der Waals surface area contributed by atoms with Gasteiger partial charge in [0.1, 0.15) is 17.2 Å². The van der Waals surface area contributed by atoms with Crippen molar-refractivity contribution < 1.29 is 24.1 Å². The summed E-state index contributed by atoms with van der Waals surface area (Å²) in [7, 11) is 0. The van der Waals surface area contributed by atoms with Crippen molar-refractivity contribution in [1.82, 2.24) is 0 Å². The smallest absolute Gasteiger partial charge is 0.347 e. The van der Waals surface area contributed by atoms with Crippen LogP contribution in [0.4, 0.5) is 0 Å². The van der Waals surface area contributed by atoms with Gasteiger partial charge in [-0.3, -0.25) is 0 Å². The molecule has 0 aliphatic carbocycles. The van der Waals surface area contributed by atoms with E-state index in [0.29, 0.717) is 18.1 Å². The SMILES string of the molecule is CCc1ccc(OC(C)CCOc2ccc(OC(C)(C)C(=O)O)cc2)c(Sc2ccccc2)c1. The van der Waals surface area contributed by atoms with Gasteiger partial charge in [-0.25, -0.2) is 4.79 Å². The molecular weight excluding hydrogens is 448 g/mol. The molecular formula is C28H32O5S. The van der Waals surface area contributed by atoms with Crippen molar-refractivity contribution in [1.29, 1.82) is 0 Å². The van der Waals surface area contributed by atoms with Gasteiger partial charge >= 0.3 is 5.97 Å². The number of aryl methyl sites for hydroxylation is 1. The molecule has 0 amide bonds. The third-order valence-corrected chi connectivity index (χ3v) is 6.27. The van der Waals surface area contributed by atoms with Crippen molar-refractivity contribution in [2.24, 2.45) is 0 Å².